The van der Waals surface area contributed by atoms with Gasteiger partial charge in [0, 0.05) is 23.6 Å². The lowest BCUT2D eigenvalue weighted by Gasteiger charge is -2.12. The molecular formula is C15H19N3O2. The molecule has 2 N–H and O–H groups in total. The van der Waals surface area contributed by atoms with E-state index in [0.717, 1.165) is 29.2 Å². The van der Waals surface area contributed by atoms with Gasteiger partial charge in [-0.05, 0) is 26.0 Å². The average Bonchev–Trinajstić information content (AvgIpc) is 2.90. The van der Waals surface area contributed by atoms with Gasteiger partial charge in [0.15, 0.2) is 0 Å². The van der Waals surface area contributed by atoms with Crippen molar-refractivity contribution in [3.63, 3.8) is 0 Å². The van der Waals surface area contributed by atoms with Gasteiger partial charge in [-0.25, -0.2) is 4.68 Å². The van der Waals surface area contributed by atoms with Crippen LogP contribution < -0.4 is 15.2 Å². The van der Waals surface area contributed by atoms with Crippen molar-refractivity contribution in [2.45, 2.75) is 32.9 Å². The van der Waals surface area contributed by atoms with Gasteiger partial charge >= 0.3 is 0 Å². The number of benzene rings is 1. The molecule has 0 aliphatic carbocycles. The zero-order chi connectivity index (χ0) is 14.3. The number of methoxy groups -OCH3 is 1. The molecule has 3 rings (SSSR count). The van der Waals surface area contributed by atoms with Gasteiger partial charge in [-0.15, -0.1) is 0 Å². The van der Waals surface area contributed by atoms with Crippen LogP contribution in [0.1, 0.15) is 23.7 Å². The van der Waals surface area contributed by atoms with E-state index in [2.05, 4.69) is 18.1 Å². The maximum Gasteiger partial charge on any atom is 0.124 e. The van der Waals surface area contributed by atoms with E-state index in [4.69, 9.17) is 15.2 Å². The molecule has 2 heterocycles. The lowest BCUT2D eigenvalue weighted by atomic mass is 10.1. The zero-order valence-corrected chi connectivity index (χ0v) is 12.0. The number of anilines is 1. The Hall–Kier alpha value is -2.17. The number of nitrogen functional groups attached to an aromatic ring is 1. The first-order valence-electron chi connectivity index (χ1n) is 6.73. The molecule has 0 fully saturated rings. The number of ether oxygens (including phenoxy) is 2. The lowest BCUT2D eigenvalue weighted by Crippen LogP contribution is -2.07. The molecule has 0 amide bonds. The normalized spacial score (nSPS) is 16.9. The van der Waals surface area contributed by atoms with E-state index in [1.807, 2.05) is 19.1 Å². The molecule has 0 bridgehead atoms. The summed E-state index contributed by atoms with van der Waals surface area (Å²) in [6, 6.07) is 5.95. The smallest absolute Gasteiger partial charge is 0.124 e. The van der Waals surface area contributed by atoms with E-state index in [1.165, 1.54) is 5.56 Å². The van der Waals surface area contributed by atoms with E-state index in [-0.39, 0.29) is 6.10 Å². The molecule has 0 saturated heterocycles. The quantitative estimate of drug-likeness (QED) is 0.930. The van der Waals surface area contributed by atoms with Gasteiger partial charge in [0.25, 0.3) is 0 Å². The van der Waals surface area contributed by atoms with E-state index in [0.29, 0.717) is 12.4 Å². The second kappa shape index (κ2) is 4.74. The Balaban J connectivity index is 1.97. The van der Waals surface area contributed by atoms with Crippen LogP contribution in [0.2, 0.25) is 0 Å². The minimum atomic E-state index is 0.224. The molecular weight excluding hydrogens is 254 g/mol. The fourth-order valence-corrected chi connectivity index (χ4v) is 2.65. The summed E-state index contributed by atoms with van der Waals surface area (Å²) < 4.78 is 13.1. The highest BCUT2D eigenvalue weighted by Crippen LogP contribution is 2.35. The predicted molar refractivity (Wildman–Crippen MR) is 77.3 cm³/mol. The van der Waals surface area contributed by atoms with Crippen LogP contribution in [0.25, 0.3) is 0 Å². The third-order valence-electron chi connectivity index (χ3n) is 3.55. The first-order valence-corrected chi connectivity index (χ1v) is 6.73. The Morgan fingerprint density at radius 2 is 2.25 bits per heavy atom. The highest BCUT2D eigenvalue weighted by atomic mass is 16.5. The zero-order valence-electron chi connectivity index (χ0n) is 12.0. The minimum absolute atomic E-state index is 0.224. The van der Waals surface area contributed by atoms with E-state index >= 15 is 0 Å². The number of hydrogen-bond acceptors (Lipinski definition) is 4. The van der Waals surface area contributed by atoms with Crippen molar-refractivity contribution in [3.05, 3.63) is 35.0 Å². The van der Waals surface area contributed by atoms with Crippen molar-refractivity contribution < 1.29 is 9.47 Å². The van der Waals surface area contributed by atoms with Crippen LogP contribution in [0.4, 0.5) is 5.82 Å². The monoisotopic (exact) mass is 273 g/mol. The summed E-state index contributed by atoms with van der Waals surface area (Å²) in [7, 11) is 1.68. The van der Waals surface area contributed by atoms with E-state index < -0.39 is 0 Å². The third-order valence-corrected chi connectivity index (χ3v) is 3.55. The number of aromatic nitrogens is 2. The Morgan fingerprint density at radius 1 is 1.45 bits per heavy atom. The molecule has 2 aromatic rings. The summed E-state index contributed by atoms with van der Waals surface area (Å²) in [6.45, 7) is 4.58. The second-order valence-electron chi connectivity index (χ2n) is 5.27. The Bertz CT molecular complexity index is 649. The summed E-state index contributed by atoms with van der Waals surface area (Å²) in [5.74, 6) is 2.45. The van der Waals surface area contributed by atoms with Gasteiger partial charge in [0.1, 0.15) is 23.4 Å². The second-order valence-corrected chi connectivity index (χ2v) is 5.27. The number of aryl methyl sites for hydroxylation is 1. The van der Waals surface area contributed by atoms with Crippen molar-refractivity contribution >= 4 is 5.82 Å². The van der Waals surface area contributed by atoms with Crippen LogP contribution in [0.3, 0.4) is 0 Å². The molecule has 106 valence electrons. The van der Waals surface area contributed by atoms with Gasteiger partial charge in [0.2, 0.25) is 0 Å². The molecule has 5 heteroatoms. The minimum Gasteiger partial charge on any atom is -0.496 e. The van der Waals surface area contributed by atoms with Gasteiger partial charge in [-0.2, -0.15) is 5.10 Å². The van der Waals surface area contributed by atoms with Crippen molar-refractivity contribution in [2.24, 2.45) is 0 Å². The molecule has 20 heavy (non-hydrogen) atoms. The van der Waals surface area contributed by atoms with Gasteiger partial charge < -0.3 is 15.2 Å². The van der Waals surface area contributed by atoms with Crippen LogP contribution in [0.5, 0.6) is 11.5 Å². The van der Waals surface area contributed by atoms with Gasteiger partial charge in [-0.1, -0.05) is 0 Å². The molecule has 0 radical (unpaired) electrons. The maximum atomic E-state index is 5.94. The summed E-state index contributed by atoms with van der Waals surface area (Å²) in [6.07, 6.45) is 1.15. The number of fused-ring (bicyclic) bond motifs is 1. The summed E-state index contributed by atoms with van der Waals surface area (Å²) in [4.78, 5) is 0. The first kappa shape index (κ1) is 12.8. The fourth-order valence-electron chi connectivity index (χ4n) is 2.65. The van der Waals surface area contributed by atoms with Crippen molar-refractivity contribution in [3.8, 4) is 11.5 Å². The topological polar surface area (TPSA) is 62.3 Å². The molecule has 1 aromatic heterocycles. The summed E-state index contributed by atoms with van der Waals surface area (Å²) in [5, 5.41) is 4.38. The Kier molecular flexibility index (Phi) is 3.04. The fraction of sp³-hybridized carbons (Fsp3) is 0.400. The lowest BCUT2D eigenvalue weighted by molar-refractivity contribution is 0.254. The van der Waals surface area contributed by atoms with Crippen LogP contribution in [-0.4, -0.2) is 23.0 Å². The van der Waals surface area contributed by atoms with Crippen molar-refractivity contribution in [1.29, 1.82) is 0 Å². The molecule has 0 saturated carbocycles. The van der Waals surface area contributed by atoms with E-state index in [1.54, 1.807) is 11.8 Å². The van der Waals surface area contributed by atoms with Gasteiger partial charge in [0.05, 0.1) is 19.3 Å². The number of rotatable bonds is 3. The molecule has 1 aliphatic heterocycles. The number of hydrogen-bond donors (Lipinski definition) is 1. The van der Waals surface area contributed by atoms with Crippen LogP contribution in [0, 0.1) is 6.92 Å². The summed E-state index contributed by atoms with van der Waals surface area (Å²) >= 11 is 0. The van der Waals surface area contributed by atoms with Crippen molar-refractivity contribution in [1.82, 2.24) is 9.78 Å². The SMILES string of the molecule is COc1cc2c(cc1Cn1nc(C)cc1N)OC(C)C2. The number of nitrogens with zero attached hydrogens (tertiary/aromatic N) is 2. The Morgan fingerprint density at radius 3 is 2.90 bits per heavy atom. The van der Waals surface area contributed by atoms with Gasteiger partial charge in [-0.3, -0.25) is 0 Å². The molecule has 1 atom stereocenters. The predicted octanol–water partition coefficient (Wildman–Crippen LogP) is 2.15. The highest BCUT2D eigenvalue weighted by Gasteiger charge is 2.22. The molecule has 1 aliphatic rings. The number of nitrogens with two attached hydrogens (primary N) is 1. The highest BCUT2D eigenvalue weighted by molar-refractivity contribution is 5.49. The van der Waals surface area contributed by atoms with Crippen LogP contribution in [0.15, 0.2) is 18.2 Å². The molecule has 0 spiro atoms. The largest absolute Gasteiger partial charge is 0.496 e. The van der Waals surface area contributed by atoms with E-state index in [9.17, 15) is 0 Å². The average molecular weight is 273 g/mol. The van der Waals surface area contributed by atoms with Crippen LogP contribution in [-0.2, 0) is 13.0 Å². The Labute approximate surface area is 118 Å². The molecule has 5 nitrogen and oxygen atoms in total. The third kappa shape index (κ3) is 2.19. The summed E-state index contributed by atoms with van der Waals surface area (Å²) in [5.41, 5.74) is 9.07. The van der Waals surface area contributed by atoms with Crippen LogP contribution >= 0.6 is 0 Å². The molecule has 1 unspecified atom stereocenters. The molecule has 1 aromatic carbocycles. The van der Waals surface area contributed by atoms with Crippen molar-refractivity contribution in [2.75, 3.05) is 12.8 Å². The standard InChI is InChI=1S/C15H19N3O2/c1-9-4-15(16)18(17-9)8-12-7-14-11(5-10(2)20-14)6-13(12)19-3/h4,6-7,10H,5,8,16H2,1-3H3. The maximum absolute atomic E-state index is 5.94. The first-order chi connectivity index (χ1) is 9.56.